The largest absolute Gasteiger partial charge is 0.550 e. The molecule has 0 aliphatic heterocycles. The number of carbonyl (C=O) groups is 1. The molecule has 122 valence electrons. The lowest BCUT2D eigenvalue weighted by atomic mass is 10.1. The molecule has 0 unspecified atom stereocenters. The molecule has 0 spiro atoms. The summed E-state index contributed by atoms with van der Waals surface area (Å²) in [6, 6.07) is 12.2. The molecule has 0 saturated heterocycles. The van der Waals surface area contributed by atoms with Crippen LogP contribution in [0.25, 0.3) is 0 Å². The molecule has 1 N–H and O–H groups in total. The second kappa shape index (κ2) is 7.15. The normalized spacial score (nSPS) is 11.0. The summed E-state index contributed by atoms with van der Waals surface area (Å²) < 4.78 is 32.3. The van der Waals surface area contributed by atoms with Crippen LogP contribution in [0.15, 0.2) is 53.4 Å². The van der Waals surface area contributed by atoms with Crippen molar-refractivity contribution in [1.29, 1.82) is 0 Å². The van der Waals surface area contributed by atoms with Gasteiger partial charge in [-0.05, 0) is 48.9 Å². The summed E-state index contributed by atoms with van der Waals surface area (Å²) >= 11 is 0. The van der Waals surface area contributed by atoms with E-state index in [0.717, 1.165) is 0 Å². The van der Waals surface area contributed by atoms with Gasteiger partial charge in [-0.3, -0.25) is 4.72 Å². The van der Waals surface area contributed by atoms with E-state index >= 15 is 0 Å². The van der Waals surface area contributed by atoms with Crippen LogP contribution in [0.5, 0.6) is 5.75 Å². The number of rotatable bonds is 7. The molecule has 23 heavy (non-hydrogen) atoms. The number of hydrogen-bond donors (Lipinski definition) is 1. The van der Waals surface area contributed by atoms with Gasteiger partial charge in [-0.1, -0.05) is 12.1 Å². The number of sulfonamides is 1. The number of carboxylic acid groups (broad SMARTS) is 1. The van der Waals surface area contributed by atoms with E-state index in [9.17, 15) is 18.3 Å². The molecule has 0 bridgehead atoms. The minimum atomic E-state index is -3.72. The third-order valence-electron chi connectivity index (χ3n) is 3.00. The van der Waals surface area contributed by atoms with Crippen LogP contribution in [-0.2, 0) is 21.2 Å². The Balaban J connectivity index is 2.12. The van der Waals surface area contributed by atoms with E-state index in [-0.39, 0.29) is 11.3 Å². The molecular weight excluding hydrogens is 318 g/mol. The Morgan fingerprint density at radius 1 is 1.09 bits per heavy atom. The van der Waals surface area contributed by atoms with Gasteiger partial charge in [0.1, 0.15) is 5.75 Å². The van der Waals surface area contributed by atoms with Crippen LogP contribution in [0.2, 0.25) is 0 Å². The average Bonchev–Trinajstić information content (AvgIpc) is 2.49. The Kier molecular flexibility index (Phi) is 5.23. The Labute approximate surface area is 134 Å². The first-order chi connectivity index (χ1) is 10.9. The molecule has 0 saturated carbocycles. The Bertz CT molecular complexity index is 767. The number of benzene rings is 2. The second-order valence-electron chi connectivity index (χ2n) is 4.76. The summed E-state index contributed by atoms with van der Waals surface area (Å²) in [7, 11) is -3.72. The smallest absolute Gasteiger partial charge is 0.261 e. The quantitative estimate of drug-likeness (QED) is 0.820. The van der Waals surface area contributed by atoms with Crippen LogP contribution < -0.4 is 14.6 Å². The van der Waals surface area contributed by atoms with Gasteiger partial charge in [-0.2, -0.15) is 0 Å². The minimum Gasteiger partial charge on any atom is -0.550 e. The molecule has 7 heteroatoms. The van der Waals surface area contributed by atoms with Crippen LogP contribution >= 0.6 is 0 Å². The Morgan fingerprint density at radius 3 is 2.22 bits per heavy atom. The molecule has 0 atom stereocenters. The van der Waals surface area contributed by atoms with Gasteiger partial charge in [-0.15, -0.1) is 0 Å². The standard InChI is InChI=1S/C16H17NO5S/c1-2-22-14-7-9-15(10-8-14)23(20,21)17-13-5-3-12(4-6-13)11-16(18)19/h3-10,17H,2,11H2,1H3,(H,18,19)/p-1. The topological polar surface area (TPSA) is 95.5 Å². The molecule has 0 aromatic heterocycles. The van der Waals surface area contributed by atoms with E-state index in [0.29, 0.717) is 23.6 Å². The zero-order chi connectivity index (χ0) is 16.9. The predicted octanol–water partition coefficient (Wildman–Crippen LogP) is 1.18. The second-order valence-corrected chi connectivity index (χ2v) is 6.44. The summed E-state index contributed by atoms with van der Waals surface area (Å²) in [6.07, 6.45) is -0.216. The molecule has 0 radical (unpaired) electrons. The van der Waals surface area contributed by atoms with Gasteiger partial charge in [0.25, 0.3) is 10.0 Å². The van der Waals surface area contributed by atoms with E-state index < -0.39 is 16.0 Å². The van der Waals surface area contributed by atoms with Crippen LogP contribution in [0.4, 0.5) is 5.69 Å². The average molecular weight is 334 g/mol. The van der Waals surface area contributed by atoms with E-state index in [1.165, 1.54) is 36.4 Å². The number of carbonyl (C=O) groups excluding carboxylic acids is 1. The van der Waals surface area contributed by atoms with Crippen molar-refractivity contribution in [3.8, 4) is 5.75 Å². The zero-order valence-corrected chi connectivity index (χ0v) is 13.3. The summed E-state index contributed by atoms with van der Waals surface area (Å²) in [5.41, 5.74) is 0.884. The third kappa shape index (κ3) is 4.72. The van der Waals surface area contributed by atoms with Gasteiger partial charge in [0, 0.05) is 18.1 Å². The molecule has 0 aliphatic carbocycles. The lowest BCUT2D eigenvalue weighted by Crippen LogP contribution is -2.24. The molecule has 0 fully saturated rings. The molecule has 0 amide bonds. The number of ether oxygens (including phenoxy) is 1. The van der Waals surface area contributed by atoms with E-state index in [1.54, 1.807) is 12.1 Å². The van der Waals surface area contributed by atoms with Crippen molar-refractivity contribution >= 4 is 21.7 Å². The van der Waals surface area contributed by atoms with Gasteiger partial charge >= 0.3 is 0 Å². The molecule has 2 aromatic rings. The maximum atomic E-state index is 12.3. The highest BCUT2D eigenvalue weighted by Crippen LogP contribution is 2.19. The summed E-state index contributed by atoms with van der Waals surface area (Å²) in [4.78, 5) is 10.6. The van der Waals surface area contributed by atoms with Crippen molar-refractivity contribution in [3.05, 3.63) is 54.1 Å². The van der Waals surface area contributed by atoms with Gasteiger partial charge < -0.3 is 14.6 Å². The lowest BCUT2D eigenvalue weighted by molar-refractivity contribution is -0.304. The number of nitrogens with one attached hydrogen (secondary N) is 1. The number of hydrogen-bond acceptors (Lipinski definition) is 5. The zero-order valence-electron chi connectivity index (χ0n) is 12.5. The van der Waals surface area contributed by atoms with Crippen molar-refractivity contribution in [2.24, 2.45) is 0 Å². The lowest BCUT2D eigenvalue weighted by Gasteiger charge is -2.10. The van der Waals surface area contributed by atoms with Crippen molar-refractivity contribution in [2.75, 3.05) is 11.3 Å². The third-order valence-corrected chi connectivity index (χ3v) is 4.40. The van der Waals surface area contributed by atoms with Crippen LogP contribution in [0.3, 0.4) is 0 Å². The summed E-state index contributed by atoms with van der Waals surface area (Å²) in [5.74, 6) is -0.592. The van der Waals surface area contributed by atoms with Crippen molar-refractivity contribution in [2.45, 2.75) is 18.2 Å². The monoisotopic (exact) mass is 334 g/mol. The minimum absolute atomic E-state index is 0.111. The maximum Gasteiger partial charge on any atom is 0.261 e. The molecular formula is C16H16NO5S-. The number of aliphatic carboxylic acids is 1. The van der Waals surface area contributed by atoms with Gasteiger partial charge in [0.05, 0.1) is 11.5 Å². The molecule has 2 aromatic carbocycles. The summed E-state index contributed by atoms with van der Waals surface area (Å²) in [5, 5.41) is 10.5. The SMILES string of the molecule is CCOc1ccc(S(=O)(=O)Nc2ccc(CC(=O)[O-])cc2)cc1. The Morgan fingerprint density at radius 2 is 1.70 bits per heavy atom. The highest BCUT2D eigenvalue weighted by molar-refractivity contribution is 7.92. The van der Waals surface area contributed by atoms with E-state index in [2.05, 4.69) is 4.72 Å². The van der Waals surface area contributed by atoms with Crippen LogP contribution in [0, 0.1) is 0 Å². The van der Waals surface area contributed by atoms with Crippen LogP contribution in [0.1, 0.15) is 12.5 Å². The van der Waals surface area contributed by atoms with E-state index in [1.807, 2.05) is 6.92 Å². The van der Waals surface area contributed by atoms with Crippen LogP contribution in [-0.4, -0.2) is 21.0 Å². The first kappa shape index (κ1) is 16.8. The fraction of sp³-hybridized carbons (Fsp3) is 0.188. The number of anilines is 1. The predicted molar refractivity (Wildman–Crippen MR) is 83.6 cm³/mol. The molecule has 6 nitrogen and oxygen atoms in total. The number of carboxylic acids is 1. The van der Waals surface area contributed by atoms with Crippen molar-refractivity contribution in [3.63, 3.8) is 0 Å². The highest BCUT2D eigenvalue weighted by atomic mass is 32.2. The van der Waals surface area contributed by atoms with Crippen molar-refractivity contribution < 1.29 is 23.1 Å². The fourth-order valence-electron chi connectivity index (χ4n) is 1.95. The first-order valence-corrected chi connectivity index (χ1v) is 8.43. The molecule has 2 rings (SSSR count). The molecule has 0 heterocycles. The maximum absolute atomic E-state index is 12.3. The summed E-state index contributed by atoms with van der Waals surface area (Å²) in [6.45, 7) is 2.35. The fourth-order valence-corrected chi connectivity index (χ4v) is 3.01. The van der Waals surface area contributed by atoms with Gasteiger partial charge in [0.15, 0.2) is 0 Å². The van der Waals surface area contributed by atoms with E-state index in [4.69, 9.17) is 4.74 Å². The molecule has 0 aliphatic rings. The van der Waals surface area contributed by atoms with Gasteiger partial charge in [0.2, 0.25) is 0 Å². The van der Waals surface area contributed by atoms with Crippen molar-refractivity contribution in [1.82, 2.24) is 0 Å². The first-order valence-electron chi connectivity index (χ1n) is 6.95. The van der Waals surface area contributed by atoms with Gasteiger partial charge in [-0.25, -0.2) is 8.42 Å². The Hall–Kier alpha value is -2.54. The highest BCUT2D eigenvalue weighted by Gasteiger charge is 2.14.